The van der Waals surface area contributed by atoms with Crippen LogP contribution in [0.25, 0.3) is 0 Å². The van der Waals surface area contributed by atoms with Crippen LogP contribution in [0.5, 0.6) is 0 Å². The van der Waals surface area contributed by atoms with Crippen LogP contribution in [0.3, 0.4) is 0 Å². The van der Waals surface area contributed by atoms with E-state index in [1.165, 1.54) is 24.8 Å². The Morgan fingerprint density at radius 2 is 2.06 bits per heavy atom. The fraction of sp³-hybridized carbons (Fsp3) is 0.667. The summed E-state index contributed by atoms with van der Waals surface area (Å²) in [5, 5.41) is 0. The van der Waals surface area contributed by atoms with E-state index in [-0.39, 0.29) is 0 Å². The molecule has 0 saturated heterocycles. The third kappa shape index (κ3) is 3.53. The van der Waals surface area contributed by atoms with Gasteiger partial charge in [-0.25, -0.2) is 0 Å². The normalized spacial score (nSPS) is 28.6. The van der Waals surface area contributed by atoms with Gasteiger partial charge in [0.15, 0.2) is 0 Å². The summed E-state index contributed by atoms with van der Waals surface area (Å²) in [6.45, 7) is 3.42. The molecule has 3 heteroatoms. The van der Waals surface area contributed by atoms with Crippen LogP contribution in [0.2, 0.25) is 0 Å². The van der Waals surface area contributed by atoms with Crippen LogP contribution in [-0.4, -0.2) is 35.6 Å². The minimum absolute atomic E-state index is 0.351. The van der Waals surface area contributed by atoms with E-state index in [2.05, 4.69) is 36.0 Å². The molecule has 1 fully saturated rings. The third-order valence-electron chi connectivity index (χ3n) is 4.20. The summed E-state index contributed by atoms with van der Waals surface area (Å²) in [5.41, 5.74) is 7.62. The minimum atomic E-state index is 0.351. The number of nitrogens with zero attached hydrogens (tertiary/aromatic N) is 2. The predicted molar refractivity (Wildman–Crippen MR) is 75.3 cm³/mol. The van der Waals surface area contributed by atoms with Crippen LogP contribution >= 0.6 is 0 Å². The van der Waals surface area contributed by atoms with Crippen molar-refractivity contribution >= 4 is 0 Å². The van der Waals surface area contributed by atoms with E-state index in [1.807, 2.05) is 12.4 Å². The Balaban J connectivity index is 1.85. The lowest BCUT2D eigenvalue weighted by Crippen LogP contribution is -2.50. The van der Waals surface area contributed by atoms with E-state index in [9.17, 15) is 0 Å². The fourth-order valence-electron chi connectivity index (χ4n) is 2.90. The molecular formula is C15H25N3. The summed E-state index contributed by atoms with van der Waals surface area (Å²) in [4.78, 5) is 6.50. The quantitative estimate of drug-likeness (QED) is 0.885. The molecule has 0 aromatic carbocycles. The van der Waals surface area contributed by atoms with Crippen molar-refractivity contribution in [2.75, 3.05) is 13.6 Å². The van der Waals surface area contributed by atoms with Gasteiger partial charge >= 0.3 is 0 Å². The maximum atomic E-state index is 6.26. The molecule has 1 heterocycles. The lowest BCUT2D eigenvalue weighted by atomic mass is 9.83. The molecule has 3 atom stereocenters. The minimum Gasteiger partial charge on any atom is -0.326 e. The largest absolute Gasteiger partial charge is 0.326 e. The van der Waals surface area contributed by atoms with Crippen molar-refractivity contribution < 1.29 is 0 Å². The van der Waals surface area contributed by atoms with Crippen molar-refractivity contribution in [1.29, 1.82) is 0 Å². The Kier molecular flexibility index (Phi) is 4.72. The first-order valence-electron chi connectivity index (χ1n) is 7.01. The fourth-order valence-corrected chi connectivity index (χ4v) is 2.90. The average molecular weight is 247 g/mol. The lowest BCUT2D eigenvalue weighted by Gasteiger charge is -2.38. The average Bonchev–Trinajstić information content (AvgIpc) is 2.40. The van der Waals surface area contributed by atoms with E-state index < -0.39 is 0 Å². The molecular weight excluding hydrogens is 222 g/mol. The van der Waals surface area contributed by atoms with Gasteiger partial charge in [0.05, 0.1) is 0 Å². The highest BCUT2D eigenvalue weighted by molar-refractivity contribution is 5.10. The van der Waals surface area contributed by atoms with E-state index >= 15 is 0 Å². The summed E-state index contributed by atoms with van der Waals surface area (Å²) < 4.78 is 0. The molecule has 3 unspecified atom stereocenters. The molecule has 3 nitrogen and oxygen atoms in total. The first kappa shape index (κ1) is 13.5. The standard InChI is InChI=1S/C15H25N3/c1-12-3-4-14(16)15(11-12)18(2)10-7-13-5-8-17-9-6-13/h5-6,8-9,12,14-15H,3-4,7,10-11,16H2,1-2H3. The molecule has 0 amide bonds. The SMILES string of the molecule is CC1CCC(N)C(N(C)CCc2ccncc2)C1. The van der Waals surface area contributed by atoms with Crippen molar-refractivity contribution in [3.05, 3.63) is 30.1 Å². The van der Waals surface area contributed by atoms with Crippen LogP contribution in [0, 0.1) is 5.92 Å². The van der Waals surface area contributed by atoms with Crippen molar-refractivity contribution in [3.63, 3.8) is 0 Å². The van der Waals surface area contributed by atoms with Gasteiger partial charge in [0, 0.05) is 31.0 Å². The summed E-state index contributed by atoms with van der Waals surface area (Å²) in [5.74, 6) is 0.818. The number of aromatic nitrogens is 1. The Hall–Kier alpha value is -0.930. The Bertz CT molecular complexity index is 352. The second-order valence-corrected chi connectivity index (χ2v) is 5.74. The summed E-state index contributed by atoms with van der Waals surface area (Å²) in [6, 6.07) is 5.09. The summed E-state index contributed by atoms with van der Waals surface area (Å²) in [6.07, 6.45) is 8.51. The molecule has 0 bridgehead atoms. The van der Waals surface area contributed by atoms with Gasteiger partial charge < -0.3 is 10.6 Å². The molecule has 100 valence electrons. The van der Waals surface area contributed by atoms with Crippen LogP contribution in [0.1, 0.15) is 31.7 Å². The molecule has 1 aliphatic carbocycles. The predicted octanol–water partition coefficient (Wildman–Crippen LogP) is 2.07. The zero-order valence-electron chi connectivity index (χ0n) is 11.5. The van der Waals surface area contributed by atoms with Gasteiger partial charge in [-0.15, -0.1) is 0 Å². The maximum absolute atomic E-state index is 6.26. The molecule has 0 spiro atoms. The maximum Gasteiger partial charge on any atom is 0.0270 e. The van der Waals surface area contributed by atoms with Crippen LogP contribution in [0.15, 0.2) is 24.5 Å². The zero-order chi connectivity index (χ0) is 13.0. The van der Waals surface area contributed by atoms with Gasteiger partial charge in [-0.3, -0.25) is 4.98 Å². The third-order valence-corrected chi connectivity index (χ3v) is 4.20. The molecule has 1 aromatic rings. The molecule has 2 rings (SSSR count). The first-order chi connectivity index (χ1) is 8.66. The molecule has 1 aromatic heterocycles. The topological polar surface area (TPSA) is 42.1 Å². The van der Waals surface area contributed by atoms with Crippen LogP contribution < -0.4 is 5.73 Å². The highest BCUT2D eigenvalue weighted by Gasteiger charge is 2.28. The number of rotatable bonds is 4. The van der Waals surface area contributed by atoms with Gasteiger partial charge in [0.2, 0.25) is 0 Å². The van der Waals surface area contributed by atoms with Crippen LogP contribution in [0.4, 0.5) is 0 Å². The zero-order valence-corrected chi connectivity index (χ0v) is 11.5. The van der Waals surface area contributed by atoms with E-state index in [0.717, 1.165) is 18.9 Å². The summed E-state index contributed by atoms with van der Waals surface area (Å²) in [7, 11) is 2.21. The second kappa shape index (κ2) is 6.30. The van der Waals surface area contributed by atoms with Crippen LogP contribution in [-0.2, 0) is 6.42 Å². The van der Waals surface area contributed by atoms with E-state index in [4.69, 9.17) is 5.73 Å². The lowest BCUT2D eigenvalue weighted by molar-refractivity contribution is 0.144. The molecule has 0 radical (unpaired) electrons. The number of nitrogens with two attached hydrogens (primary N) is 1. The summed E-state index contributed by atoms with van der Waals surface area (Å²) >= 11 is 0. The van der Waals surface area contributed by atoms with Gasteiger partial charge in [-0.1, -0.05) is 6.92 Å². The monoisotopic (exact) mass is 247 g/mol. The van der Waals surface area contributed by atoms with E-state index in [1.54, 1.807) is 0 Å². The number of likely N-dealkylation sites (N-methyl/N-ethyl adjacent to an activating group) is 1. The van der Waals surface area contributed by atoms with Gasteiger partial charge in [-0.05, 0) is 56.3 Å². The Morgan fingerprint density at radius 1 is 1.33 bits per heavy atom. The second-order valence-electron chi connectivity index (χ2n) is 5.74. The Morgan fingerprint density at radius 3 is 2.78 bits per heavy atom. The Labute approximate surface area is 110 Å². The van der Waals surface area contributed by atoms with Crippen molar-refractivity contribution in [1.82, 2.24) is 9.88 Å². The van der Waals surface area contributed by atoms with Crippen molar-refractivity contribution in [2.24, 2.45) is 11.7 Å². The smallest absolute Gasteiger partial charge is 0.0270 e. The number of pyridine rings is 1. The molecule has 18 heavy (non-hydrogen) atoms. The number of hydrogen-bond acceptors (Lipinski definition) is 3. The van der Waals surface area contributed by atoms with Gasteiger partial charge in [-0.2, -0.15) is 0 Å². The molecule has 2 N–H and O–H groups in total. The molecule has 1 saturated carbocycles. The highest BCUT2D eigenvalue weighted by Crippen LogP contribution is 2.26. The molecule has 0 aliphatic heterocycles. The van der Waals surface area contributed by atoms with Crippen molar-refractivity contribution in [3.8, 4) is 0 Å². The van der Waals surface area contributed by atoms with E-state index in [0.29, 0.717) is 12.1 Å². The van der Waals surface area contributed by atoms with Crippen molar-refractivity contribution in [2.45, 2.75) is 44.7 Å². The first-order valence-corrected chi connectivity index (χ1v) is 7.01. The van der Waals surface area contributed by atoms with Gasteiger partial charge in [0.1, 0.15) is 0 Å². The highest BCUT2D eigenvalue weighted by atomic mass is 15.1. The number of hydrogen-bond donors (Lipinski definition) is 1. The van der Waals surface area contributed by atoms with Gasteiger partial charge in [0.25, 0.3) is 0 Å². The molecule has 1 aliphatic rings.